The Bertz CT molecular complexity index is 647. The summed E-state index contributed by atoms with van der Waals surface area (Å²) in [5.41, 5.74) is 0.598. The number of benzene rings is 1. The van der Waals surface area contributed by atoms with Crippen molar-refractivity contribution in [3.8, 4) is 0 Å². The average Bonchev–Trinajstić information content (AvgIpc) is 2.79. The van der Waals surface area contributed by atoms with Gasteiger partial charge in [-0.15, -0.1) is 0 Å². The van der Waals surface area contributed by atoms with E-state index in [0.29, 0.717) is 5.56 Å². The largest absolute Gasteiger partial charge is 0.465 e. The highest BCUT2D eigenvalue weighted by Crippen LogP contribution is 2.25. The van der Waals surface area contributed by atoms with Crippen molar-refractivity contribution in [1.29, 1.82) is 0 Å². The summed E-state index contributed by atoms with van der Waals surface area (Å²) in [6.45, 7) is 1.26. The van der Waals surface area contributed by atoms with Crippen LogP contribution in [0.1, 0.15) is 15.9 Å². The third kappa shape index (κ3) is 2.93. The number of sulfonamides is 1. The van der Waals surface area contributed by atoms with Gasteiger partial charge in [0.25, 0.3) is 0 Å². The number of β-amino-alcohol motifs (C(OH)–C–C–N with tert-alkyl or cyclic N) is 2. The molecule has 0 aromatic heterocycles. The molecular formula is C13H17NO6S. The molecule has 0 unspecified atom stereocenters. The van der Waals surface area contributed by atoms with Crippen molar-refractivity contribution in [3.63, 3.8) is 0 Å². The number of nitrogens with zero attached hydrogens (tertiary/aromatic N) is 1. The third-order valence-electron chi connectivity index (χ3n) is 3.45. The van der Waals surface area contributed by atoms with Crippen LogP contribution in [0.2, 0.25) is 0 Å². The molecule has 8 heteroatoms. The third-order valence-corrected chi connectivity index (χ3v) is 5.43. The second kappa shape index (κ2) is 5.72. The molecule has 1 aliphatic rings. The average molecular weight is 315 g/mol. The molecule has 0 bridgehead atoms. The summed E-state index contributed by atoms with van der Waals surface area (Å²) in [7, 11) is -2.68. The number of hydrogen-bond donors (Lipinski definition) is 2. The molecule has 1 saturated heterocycles. The van der Waals surface area contributed by atoms with Gasteiger partial charge >= 0.3 is 5.97 Å². The molecule has 0 radical (unpaired) electrons. The van der Waals surface area contributed by atoms with Crippen LogP contribution in [0.5, 0.6) is 0 Å². The standard InChI is InChI=1S/C13H17NO6S/c1-8-3-4-9(13(17)20-2)5-12(8)21(18,19)14-6-10(15)11(16)7-14/h3-5,10-11,15-16H,6-7H2,1-2H3/t10-,11+. The van der Waals surface area contributed by atoms with Crippen molar-refractivity contribution in [2.75, 3.05) is 20.2 Å². The maximum Gasteiger partial charge on any atom is 0.337 e. The van der Waals surface area contributed by atoms with Crippen LogP contribution >= 0.6 is 0 Å². The zero-order valence-corrected chi connectivity index (χ0v) is 12.5. The number of methoxy groups -OCH3 is 1. The fourth-order valence-electron chi connectivity index (χ4n) is 2.19. The van der Waals surface area contributed by atoms with E-state index in [-0.39, 0.29) is 23.5 Å². The Kier molecular flexibility index (Phi) is 4.33. The summed E-state index contributed by atoms with van der Waals surface area (Å²) in [6, 6.07) is 4.24. The molecule has 1 aromatic carbocycles. The van der Waals surface area contributed by atoms with Crippen LogP contribution in [0.4, 0.5) is 0 Å². The maximum absolute atomic E-state index is 12.6. The first-order valence-electron chi connectivity index (χ1n) is 6.32. The number of hydrogen-bond acceptors (Lipinski definition) is 6. The van der Waals surface area contributed by atoms with Gasteiger partial charge in [-0.1, -0.05) is 6.07 Å². The minimum atomic E-state index is -3.89. The van der Waals surface area contributed by atoms with Gasteiger partial charge in [-0.2, -0.15) is 4.31 Å². The molecule has 2 N–H and O–H groups in total. The predicted molar refractivity (Wildman–Crippen MR) is 73.3 cm³/mol. The van der Waals surface area contributed by atoms with Gasteiger partial charge in [0, 0.05) is 13.1 Å². The number of carbonyl (C=O) groups is 1. The number of aryl methyl sites for hydroxylation is 1. The molecular weight excluding hydrogens is 298 g/mol. The summed E-state index contributed by atoms with van der Waals surface area (Å²) in [4.78, 5) is 11.5. The Morgan fingerprint density at radius 2 is 1.86 bits per heavy atom. The molecule has 1 fully saturated rings. The highest BCUT2D eigenvalue weighted by molar-refractivity contribution is 7.89. The van der Waals surface area contributed by atoms with Crippen molar-refractivity contribution in [3.05, 3.63) is 29.3 Å². The van der Waals surface area contributed by atoms with Crippen LogP contribution in [0.15, 0.2) is 23.1 Å². The van der Waals surface area contributed by atoms with Gasteiger partial charge in [-0.05, 0) is 24.6 Å². The van der Waals surface area contributed by atoms with Gasteiger partial charge < -0.3 is 14.9 Å². The Morgan fingerprint density at radius 3 is 2.38 bits per heavy atom. The molecule has 0 saturated carbocycles. The first-order chi connectivity index (χ1) is 9.77. The highest BCUT2D eigenvalue weighted by atomic mass is 32.2. The molecule has 0 spiro atoms. The fraction of sp³-hybridized carbons (Fsp3) is 0.462. The lowest BCUT2D eigenvalue weighted by Gasteiger charge is -2.17. The number of esters is 1. The molecule has 0 amide bonds. The summed E-state index contributed by atoms with van der Waals surface area (Å²) < 4.78 is 30.7. The van der Waals surface area contributed by atoms with Gasteiger partial charge in [0.05, 0.1) is 29.8 Å². The summed E-state index contributed by atoms with van der Waals surface area (Å²) >= 11 is 0. The van der Waals surface area contributed by atoms with Crippen LogP contribution in [0.25, 0.3) is 0 Å². The number of aliphatic hydroxyl groups excluding tert-OH is 2. The maximum atomic E-state index is 12.6. The van der Waals surface area contributed by atoms with E-state index < -0.39 is 28.2 Å². The van der Waals surface area contributed by atoms with Gasteiger partial charge in [-0.3, -0.25) is 0 Å². The molecule has 7 nitrogen and oxygen atoms in total. The van der Waals surface area contributed by atoms with E-state index in [1.54, 1.807) is 6.92 Å². The summed E-state index contributed by atoms with van der Waals surface area (Å²) in [5, 5.41) is 19.0. The van der Waals surface area contributed by atoms with E-state index in [2.05, 4.69) is 4.74 Å². The van der Waals surface area contributed by atoms with Gasteiger partial charge in [0.2, 0.25) is 10.0 Å². The molecule has 116 valence electrons. The van der Waals surface area contributed by atoms with Crippen molar-refractivity contribution in [1.82, 2.24) is 4.31 Å². The fourth-order valence-corrected chi connectivity index (χ4v) is 3.92. The van der Waals surface area contributed by atoms with Crippen LogP contribution in [-0.2, 0) is 14.8 Å². The lowest BCUT2D eigenvalue weighted by atomic mass is 10.1. The van der Waals surface area contributed by atoms with E-state index in [4.69, 9.17) is 0 Å². The van der Waals surface area contributed by atoms with Crippen molar-refractivity contribution in [2.24, 2.45) is 0 Å². The second-order valence-electron chi connectivity index (χ2n) is 4.93. The molecule has 21 heavy (non-hydrogen) atoms. The normalized spacial score (nSPS) is 23.2. The Balaban J connectivity index is 2.43. The number of aliphatic hydroxyl groups is 2. The predicted octanol–water partition coefficient (Wildman–Crippen LogP) is -0.492. The first-order valence-corrected chi connectivity index (χ1v) is 7.76. The van der Waals surface area contributed by atoms with Crippen molar-refractivity contribution < 1.29 is 28.2 Å². The van der Waals surface area contributed by atoms with Crippen LogP contribution in [-0.4, -0.2) is 61.3 Å². The van der Waals surface area contributed by atoms with E-state index in [1.165, 1.54) is 25.3 Å². The Morgan fingerprint density at radius 1 is 1.29 bits per heavy atom. The molecule has 2 rings (SSSR count). The van der Waals surface area contributed by atoms with E-state index in [9.17, 15) is 23.4 Å². The highest BCUT2D eigenvalue weighted by Gasteiger charge is 2.38. The summed E-state index contributed by atoms with van der Waals surface area (Å²) in [5.74, 6) is -0.632. The van der Waals surface area contributed by atoms with Gasteiger partial charge in [0.15, 0.2) is 0 Å². The zero-order chi connectivity index (χ0) is 15.8. The molecule has 1 aromatic rings. The smallest absolute Gasteiger partial charge is 0.337 e. The SMILES string of the molecule is COC(=O)c1ccc(C)c(S(=O)(=O)N2C[C@@H](O)[C@@H](O)C2)c1. The Hall–Kier alpha value is -1.48. The van der Waals surface area contributed by atoms with Crippen molar-refractivity contribution >= 4 is 16.0 Å². The quantitative estimate of drug-likeness (QED) is 0.729. The topological polar surface area (TPSA) is 104 Å². The van der Waals surface area contributed by atoms with Gasteiger partial charge in [-0.25, -0.2) is 13.2 Å². The Labute approximate surface area is 122 Å². The van der Waals surface area contributed by atoms with Crippen LogP contribution < -0.4 is 0 Å². The van der Waals surface area contributed by atoms with Crippen molar-refractivity contribution in [2.45, 2.75) is 24.0 Å². The molecule has 2 atom stereocenters. The lowest BCUT2D eigenvalue weighted by Crippen LogP contribution is -2.30. The minimum absolute atomic E-state index is 0.0355. The summed E-state index contributed by atoms with van der Waals surface area (Å²) in [6.07, 6.45) is -2.22. The van der Waals surface area contributed by atoms with Gasteiger partial charge in [0.1, 0.15) is 0 Å². The monoisotopic (exact) mass is 315 g/mol. The van der Waals surface area contributed by atoms with E-state index in [0.717, 1.165) is 4.31 Å². The van der Waals surface area contributed by atoms with Crippen LogP contribution in [0.3, 0.4) is 0 Å². The second-order valence-corrected chi connectivity index (χ2v) is 6.83. The minimum Gasteiger partial charge on any atom is -0.465 e. The number of rotatable bonds is 3. The molecule has 1 aliphatic heterocycles. The first kappa shape index (κ1) is 15.9. The lowest BCUT2D eigenvalue weighted by molar-refractivity contribution is 0.0572. The zero-order valence-electron chi connectivity index (χ0n) is 11.7. The number of carbonyl (C=O) groups excluding carboxylic acids is 1. The van der Waals surface area contributed by atoms with Crippen LogP contribution in [0, 0.1) is 6.92 Å². The van der Waals surface area contributed by atoms with E-state index in [1.807, 2.05) is 0 Å². The number of ether oxygens (including phenoxy) is 1. The molecule has 0 aliphatic carbocycles. The molecule has 1 heterocycles. The van der Waals surface area contributed by atoms with E-state index >= 15 is 0 Å².